The summed E-state index contributed by atoms with van der Waals surface area (Å²) in [5.74, 6) is -0.731. The van der Waals surface area contributed by atoms with Crippen LogP contribution in [-0.4, -0.2) is 18.0 Å². The van der Waals surface area contributed by atoms with E-state index in [1.807, 2.05) is 6.07 Å². The Morgan fingerprint density at radius 2 is 2.20 bits per heavy atom. The van der Waals surface area contributed by atoms with E-state index in [-0.39, 0.29) is 5.56 Å². The zero-order valence-electron chi connectivity index (χ0n) is 10.6. The van der Waals surface area contributed by atoms with Gasteiger partial charge in [-0.3, -0.25) is 4.79 Å². The first-order valence-corrected chi connectivity index (χ1v) is 5.65. The van der Waals surface area contributed by atoms with Crippen molar-refractivity contribution >= 4 is 11.6 Å². The van der Waals surface area contributed by atoms with E-state index in [4.69, 9.17) is 10.00 Å². The second kappa shape index (κ2) is 5.80. The van der Waals surface area contributed by atoms with Gasteiger partial charge in [-0.15, -0.1) is 0 Å². The minimum Gasteiger partial charge on any atom is -0.495 e. The number of carbonyl (C=O) groups excluding carboxylic acids is 1. The molecule has 0 aliphatic carbocycles. The number of nitrogens with zero attached hydrogens (tertiary/aromatic N) is 2. The molecular formula is C14H10FN3O2. The molecule has 1 N–H and O–H groups in total. The molecule has 0 aliphatic rings. The Balaban J connectivity index is 2.23. The molecule has 0 saturated heterocycles. The third-order valence-electron chi connectivity index (χ3n) is 2.57. The second-order valence-corrected chi connectivity index (χ2v) is 3.85. The topological polar surface area (TPSA) is 75.0 Å². The quantitative estimate of drug-likeness (QED) is 0.869. The Morgan fingerprint density at radius 3 is 2.80 bits per heavy atom. The Kier molecular flexibility index (Phi) is 3.91. The number of halogens is 1. The highest BCUT2D eigenvalue weighted by Crippen LogP contribution is 2.25. The van der Waals surface area contributed by atoms with Crippen LogP contribution in [0.5, 0.6) is 5.75 Å². The van der Waals surface area contributed by atoms with E-state index in [2.05, 4.69) is 10.3 Å². The SMILES string of the molecule is COc1cc(C#N)ccc1NC(=O)c1ccc(F)nc1. The van der Waals surface area contributed by atoms with Crippen molar-refractivity contribution < 1.29 is 13.9 Å². The van der Waals surface area contributed by atoms with E-state index in [0.29, 0.717) is 17.0 Å². The van der Waals surface area contributed by atoms with Crippen LogP contribution in [0.15, 0.2) is 36.5 Å². The van der Waals surface area contributed by atoms with E-state index in [9.17, 15) is 9.18 Å². The number of pyridine rings is 1. The molecule has 0 saturated carbocycles. The smallest absolute Gasteiger partial charge is 0.257 e. The van der Waals surface area contributed by atoms with Gasteiger partial charge in [-0.05, 0) is 24.3 Å². The number of carbonyl (C=O) groups is 1. The summed E-state index contributed by atoms with van der Waals surface area (Å²) >= 11 is 0. The van der Waals surface area contributed by atoms with Crippen molar-refractivity contribution in [2.75, 3.05) is 12.4 Å². The molecule has 0 fully saturated rings. The highest BCUT2D eigenvalue weighted by atomic mass is 19.1. The average molecular weight is 271 g/mol. The van der Waals surface area contributed by atoms with E-state index in [1.54, 1.807) is 12.1 Å². The van der Waals surface area contributed by atoms with Crippen LogP contribution in [0, 0.1) is 17.3 Å². The fourth-order valence-corrected chi connectivity index (χ4v) is 1.57. The fraction of sp³-hybridized carbons (Fsp3) is 0.0714. The highest BCUT2D eigenvalue weighted by Gasteiger charge is 2.11. The molecule has 0 atom stereocenters. The number of aromatic nitrogens is 1. The van der Waals surface area contributed by atoms with Gasteiger partial charge in [0.05, 0.1) is 30.0 Å². The number of nitriles is 1. The normalized spacial score (nSPS) is 9.65. The molecule has 0 bridgehead atoms. The number of anilines is 1. The lowest BCUT2D eigenvalue weighted by molar-refractivity contribution is 0.102. The third-order valence-corrected chi connectivity index (χ3v) is 2.57. The van der Waals surface area contributed by atoms with Gasteiger partial charge in [-0.2, -0.15) is 9.65 Å². The largest absolute Gasteiger partial charge is 0.495 e. The van der Waals surface area contributed by atoms with Crippen molar-refractivity contribution in [2.24, 2.45) is 0 Å². The van der Waals surface area contributed by atoms with Crippen molar-refractivity contribution in [3.63, 3.8) is 0 Å². The maximum absolute atomic E-state index is 12.7. The van der Waals surface area contributed by atoms with Gasteiger partial charge in [0, 0.05) is 12.3 Å². The first kappa shape index (κ1) is 13.5. The molecule has 6 heteroatoms. The Hall–Kier alpha value is -2.94. The molecule has 1 aromatic heterocycles. The van der Waals surface area contributed by atoms with E-state index >= 15 is 0 Å². The molecule has 1 heterocycles. The number of ether oxygens (including phenoxy) is 1. The molecule has 0 spiro atoms. The van der Waals surface area contributed by atoms with E-state index in [1.165, 1.54) is 19.2 Å². The summed E-state index contributed by atoms with van der Waals surface area (Å²) < 4.78 is 17.8. The molecule has 100 valence electrons. The Morgan fingerprint density at radius 1 is 1.40 bits per heavy atom. The molecule has 1 amide bonds. The zero-order valence-corrected chi connectivity index (χ0v) is 10.6. The molecule has 20 heavy (non-hydrogen) atoms. The second-order valence-electron chi connectivity index (χ2n) is 3.85. The van der Waals surface area contributed by atoms with Crippen LogP contribution in [0.2, 0.25) is 0 Å². The van der Waals surface area contributed by atoms with Gasteiger partial charge in [0.2, 0.25) is 5.95 Å². The standard InChI is InChI=1S/C14H10FN3O2/c1-20-12-6-9(7-16)2-4-11(12)18-14(19)10-3-5-13(15)17-8-10/h2-6,8H,1H3,(H,18,19). The van der Waals surface area contributed by atoms with Gasteiger partial charge in [0.1, 0.15) is 5.75 Å². The molecule has 0 radical (unpaired) electrons. The summed E-state index contributed by atoms with van der Waals surface area (Å²) in [6, 6.07) is 9.04. The van der Waals surface area contributed by atoms with Crippen molar-refractivity contribution in [3.05, 3.63) is 53.6 Å². The van der Waals surface area contributed by atoms with Crippen molar-refractivity contribution in [1.82, 2.24) is 4.98 Å². The molecule has 0 unspecified atom stereocenters. The van der Waals surface area contributed by atoms with Gasteiger partial charge in [0.15, 0.2) is 0 Å². The third kappa shape index (κ3) is 2.90. The summed E-state index contributed by atoms with van der Waals surface area (Å²) in [7, 11) is 1.44. The summed E-state index contributed by atoms with van der Waals surface area (Å²) in [5.41, 5.74) is 1.06. The fourth-order valence-electron chi connectivity index (χ4n) is 1.57. The van der Waals surface area contributed by atoms with Crippen LogP contribution in [0.25, 0.3) is 0 Å². The van der Waals surface area contributed by atoms with Gasteiger partial charge in [0.25, 0.3) is 5.91 Å². The highest BCUT2D eigenvalue weighted by molar-refractivity contribution is 6.04. The molecule has 2 rings (SSSR count). The lowest BCUT2D eigenvalue weighted by atomic mass is 10.2. The minimum atomic E-state index is -0.655. The minimum absolute atomic E-state index is 0.220. The predicted octanol–water partition coefficient (Wildman–Crippen LogP) is 2.35. The summed E-state index contributed by atoms with van der Waals surface area (Å²) in [5, 5.41) is 11.4. The predicted molar refractivity (Wildman–Crippen MR) is 69.9 cm³/mol. The maximum Gasteiger partial charge on any atom is 0.257 e. The maximum atomic E-state index is 12.7. The monoisotopic (exact) mass is 271 g/mol. The molecule has 1 aromatic carbocycles. The number of hydrogen-bond acceptors (Lipinski definition) is 4. The number of hydrogen-bond donors (Lipinski definition) is 1. The summed E-state index contributed by atoms with van der Waals surface area (Å²) in [4.78, 5) is 15.4. The van der Waals surface area contributed by atoms with Crippen LogP contribution in [0.4, 0.5) is 10.1 Å². The number of benzene rings is 1. The van der Waals surface area contributed by atoms with Gasteiger partial charge in [-0.1, -0.05) is 0 Å². The number of nitrogens with one attached hydrogen (secondary N) is 1. The van der Waals surface area contributed by atoms with Gasteiger partial charge < -0.3 is 10.1 Å². The van der Waals surface area contributed by atoms with Crippen molar-refractivity contribution in [3.8, 4) is 11.8 Å². The van der Waals surface area contributed by atoms with Gasteiger partial charge in [-0.25, -0.2) is 4.98 Å². The van der Waals surface area contributed by atoms with Crippen LogP contribution in [-0.2, 0) is 0 Å². The van der Waals surface area contributed by atoms with Crippen LogP contribution < -0.4 is 10.1 Å². The van der Waals surface area contributed by atoms with Crippen LogP contribution in [0.1, 0.15) is 15.9 Å². The summed E-state index contributed by atoms with van der Waals surface area (Å²) in [6.07, 6.45) is 1.14. The van der Waals surface area contributed by atoms with Crippen molar-refractivity contribution in [2.45, 2.75) is 0 Å². The summed E-state index contributed by atoms with van der Waals surface area (Å²) in [6.45, 7) is 0. The lowest BCUT2D eigenvalue weighted by Gasteiger charge is -2.10. The van der Waals surface area contributed by atoms with Crippen LogP contribution in [0.3, 0.4) is 0 Å². The molecule has 5 nitrogen and oxygen atoms in total. The first-order chi connectivity index (χ1) is 9.63. The lowest BCUT2D eigenvalue weighted by Crippen LogP contribution is -2.13. The average Bonchev–Trinajstić information content (AvgIpc) is 2.48. The number of rotatable bonds is 3. The molecular weight excluding hydrogens is 261 g/mol. The van der Waals surface area contributed by atoms with Gasteiger partial charge >= 0.3 is 0 Å². The Bertz CT molecular complexity index is 678. The molecule has 0 aliphatic heterocycles. The molecule has 2 aromatic rings. The van der Waals surface area contributed by atoms with E-state index in [0.717, 1.165) is 12.3 Å². The van der Waals surface area contributed by atoms with E-state index < -0.39 is 11.9 Å². The van der Waals surface area contributed by atoms with Crippen molar-refractivity contribution in [1.29, 1.82) is 5.26 Å². The van der Waals surface area contributed by atoms with Crippen LogP contribution >= 0.6 is 0 Å². The Labute approximate surface area is 114 Å². The number of amides is 1. The number of methoxy groups -OCH3 is 1. The zero-order chi connectivity index (χ0) is 14.5. The first-order valence-electron chi connectivity index (χ1n) is 5.65.